The van der Waals surface area contributed by atoms with Crippen molar-refractivity contribution >= 4 is 11.3 Å². The Morgan fingerprint density at radius 2 is 2.31 bits per heavy atom. The lowest BCUT2D eigenvalue weighted by Crippen LogP contribution is -2.17. The number of hydrogen-bond donors (Lipinski definition) is 1. The molecule has 4 heteroatoms. The minimum absolute atomic E-state index is 0.339. The first-order valence-electron chi connectivity index (χ1n) is 5.30. The van der Waals surface area contributed by atoms with Crippen molar-refractivity contribution in [1.82, 2.24) is 15.3 Å². The second-order valence-electron chi connectivity index (χ2n) is 3.75. The van der Waals surface area contributed by atoms with Gasteiger partial charge in [0.05, 0.1) is 5.01 Å². The van der Waals surface area contributed by atoms with Crippen molar-refractivity contribution in [2.45, 2.75) is 26.4 Å². The predicted octanol–water partition coefficient (Wildman–Crippen LogP) is 2.70. The Hall–Kier alpha value is -1.26. The van der Waals surface area contributed by atoms with Crippen molar-refractivity contribution in [3.05, 3.63) is 46.2 Å². The Balaban J connectivity index is 1.91. The molecule has 1 atom stereocenters. The number of nitrogens with one attached hydrogen (secondary N) is 1. The molecule has 0 radical (unpaired) electrons. The van der Waals surface area contributed by atoms with Crippen LogP contribution in [0.2, 0.25) is 0 Å². The van der Waals surface area contributed by atoms with E-state index in [2.05, 4.69) is 28.3 Å². The van der Waals surface area contributed by atoms with Crippen LogP contribution in [0.15, 0.2) is 30.7 Å². The molecular formula is C12H15N3S. The number of hydrogen-bond acceptors (Lipinski definition) is 4. The largest absolute Gasteiger partial charge is 0.305 e. The summed E-state index contributed by atoms with van der Waals surface area (Å²) in [6.45, 7) is 5.03. The maximum absolute atomic E-state index is 4.26. The topological polar surface area (TPSA) is 37.8 Å². The fourth-order valence-corrected chi connectivity index (χ4v) is 2.26. The van der Waals surface area contributed by atoms with E-state index in [0.29, 0.717) is 6.04 Å². The van der Waals surface area contributed by atoms with Gasteiger partial charge in [-0.3, -0.25) is 4.98 Å². The lowest BCUT2D eigenvalue weighted by Gasteiger charge is -2.11. The zero-order valence-electron chi connectivity index (χ0n) is 9.47. The van der Waals surface area contributed by atoms with E-state index in [1.54, 1.807) is 17.5 Å². The van der Waals surface area contributed by atoms with Gasteiger partial charge >= 0.3 is 0 Å². The highest BCUT2D eigenvalue weighted by Gasteiger charge is 2.07. The number of aromatic nitrogens is 2. The summed E-state index contributed by atoms with van der Waals surface area (Å²) in [5, 5.41) is 4.57. The molecule has 0 aliphatic carbocycles. The van der Waals surface area contributed by atoms with Gasteiger partial charge in [0, 0.05) is 36.1 Å². The van der Waals surface area contributed by atoms with Gasteiger partial charge in [0.25, 0.3) is 0 Å². The summed E-state index contributed by atoms with van der Waals surface area (Å²) in [6, 6.07) is 4.37. The van der Waals surface area contributed by atoms with Crippen molar-refractivity contribution in [2.75, 3.05) is 0 Å². The van der Waals surface area contributed by atoms with E-state index >= 15 is 0 Å². The molecule has 1 unspecified atom stereocenters. The van der Waals surface area contributed by atoms with Gasteiger partial charge in [-0.1, -0.05) is 6.07 Å². The third-order valence-corrected chi connectivity index (χ3v) is 3.50. The monoisotopic (exact) mass is 233 g/mol. The van der Waals surface area contributed by atoms with Crippen molar-refractivity contribution < 1.29 is 0 Å². The van der Waals surface area contributed by atoms with E-state index in [9.17, 15) is 0 Å². The quantitative estimate of drug-likeness (QED) is 0.882. The molecule has 0 fully saturated rings. The lowest BCUT2D eigenvalue weighted by atomic mass is 10.2. The maximum atomic E-state index is 4.26. The van der Waals surface area contributed by atoms with Crippen LogP contribution >= 0.6 is 11.3 Å². The van der Waals surface area contributed by atoms with Gasteiger partial charge in [-0.05, 0) is 25.5 Å². The van der Waals surface area contributed by atoms with E-state index in [1.165, 1.54) is 10.4 Å². The van der Waals surface area contributed by atoms with Crippen molar-refractivity contribution in [3.8, 4) is 0 Å². The Morgan fingerprint density at radius 1 is 1.44 bits per heavy atom. The summed E-state index contributed by atoms with van der Waals surface area (Å²) >= 11 is 1.74. The first-order chi connectivity index (χ1) is 7.75. The maximum Gasteiger partial charge on any atom is 0.0897 e. The number of pyridine rings is 1. The zero-order chi connectivity index (χ0) is 11.4. The van der Waals surface area contributed by atoms with Crippen LogP contribution in [0, 0.1) is 6.92 Å². The molecule has 2 rings (SSSR count). The van der Waals surface area contributed by atoms with Crippen molar-refractivity contribution in [1.29, 1.82) is 0 Å². The highest BCUT2D eigenvalue weighted by Crippen LogP contribution is 2.19. The van der Waals surface area contributed by atoms with Gasteiger partial charge < -0.3 is 5.32 Å². The van der Waals surface area contributed by atoms with Crippen LogP contribution in [0.1, 0.15) is 28.4 Å². The standard InChI is InChI=1S/C12H15N3S/c1-9(12-8-15-10(2)16-12)14-7-11-4-3-5-13-6-11/h3-6,8-9,14H,7H2,1-2H3. The molecule has 3 nitrogen and oxygen atoms in total. The molecule has 0 spiro atoms. The summed E-state index contributed by atoms with van der Waals surface area (Å²) in [7, 11) is 0. The molecule has 2 aromatic heterocycles. The van der Waals surface area contributed by atoms with E-state index in [4.69, 9.17) is 0 Å². The van der Waals surface area contributed by atoms with Crippen LogP contribution in [0.25, 0.3) is 0 Å². The molecule has 0 saturated heterocycles. The Morgan fingerprint density at radius 3 is 2.94 bits per heavy atom. The van der Waals surface area contributed by atoms with Crippen LogP contribution in [0.4, 0.5) is 0 Å². The van der Waals surface area contributed by atoms with Gasteiger partial charge in [0.15, 0.2) is 0 Å². The molecule has 0 amide bonds. The second-order valence-corrected chi connectivity index (χ2v) is 5.01. The summed E-state index contributed by atoms with van der Waals surface area (Å²) in [4.78, 5) is 9.63. The van der Waals surface area contributed by atoms with Crippen LogP contribution in [0.3, 0.4) is 0 Å². The lowest BCUT2D eigenvalue weighted by molar-refractivity contribution is 0.581. The zero-order valence-corrected chi connectivity index (χ0v) is 10.3. The van der Waals surface area contributed by atoms with Gasteiger partial charge in [-0.25, -0.2) is 4.98 Å². The second kappa shape index (κ2) is 5.18. The third kappa shape index (κ3) is 2.87. The van der Waals surface area contributed by atoms with Crippen LogP contribution in [-0.2, 0) is 6.54 Å². The third-order valence-electron chi connectivity index (χ3n) is 2.40. The van der Waals surface area contributed by atoms with Crippen LogP contribution in [0.5, 0.6) is 0 Å². The SMILES string of the molecule is Cc1ncc(C(C)NCc2cccnc2)s1. The fraction of sp³-hybridized carbons (Fsp3) is 0.333. The molecule has 2 aromatic rings. The molecule has 0 aliphatic rings. The molecule has 0 aromatic carbocycles. The van der Waals surface area contributed by atoms with Crippen molar-refractivity contribution in [2.24, 2.45) is 0 Å². The first-order valence-corrected chi connectivity index (χ1v) is 6.12. The average molecular weight is 233 g/mol. The van der Waals surface area contributed by atoms with Gasteiger partial charge in [-0.15, -0.1) is 11.3 Å². The average Bonchev–Trinajstić information content (AvgIpc) is 2.74. The minimum atomic E-state index is 0.339. The Kier molecular flexibility index (Phi) is 3.64. The molecule has 16 heavy (non-hydrogen) atoms. The molecule has 2 heterocycles. The summed E-state index contributed by atoms with van der Waals surface area (Å²) in [5.41, 5.74) is 1.20. The Labute approximate surface area is 99.6 Å². The summed E-state index contributed by atoms with van der Waals surface area (Å²) in [5.74, 6) is 0. The van der Waals surface area contributed by atoms with Gasteiger partial charge in [0.2, 0.25) is 0 Å². The van der Waals surface area contributed by atoms with Crippen molar-refractivity contribution in [3.63, 3.8) is 0 Å². The van der Waals surface area contributed by atoms with E-state index in [-0.39, 0.29) is 0 Å². The molecule has 84 valence electrons. The summed E-state index contributed by atoms with van der Waals surface area (Å²) in [6.07, 6.45) is 5.62. The number of thiazole rings is 1. The smallest absolute Gasteiger partial charge is 0.0897 e. The van der Waals surface area contributed by atoms with Gasteiger partial charge in [-0.2, -0.15) is 0 Å². The first kappa shape index (κ1) is 11.2. The number of aryl methyl sites for hydroxylation is 1. The molecule has 1 N–H and O–H groups in total. The highest BCUT2D eigenvalue weighted by molar-refractivity contribution is 7.11. The normalized spacial score (nSPS) is 12.6. The minimum Gasteiger partial charge on any atom is -0.305 e. The predicted molar refractivity (Wildman–Crippen MR) is 66.3 cm³/mol. The number of nitrogens with zero attached hydrogens (tertiary/aromatic N) is 2. The fourth-order valence-electron chi connectivity index (χ4n) is 1.45. The van der Waals surface area contributed by atoms with Gasteiger partial charge in [0.1, 0.15) is 0 Å². The van der Waals surface area contributed by atoms with E-state index in [1.807, 2.05) is 25.4 Å². The molecule has 0 aliphatic heterocycles. The molecular weight excluding hydrogens is 218 g/mol. The number of rotatable bonds is 4. The summed E-state index contributed by atoms with van der Waals surface area (Å²) < 4.78 is 0. The molecule has 0 saturated carbocycles. The molecule has 0 bridgehead atoms. The van der Waals surface area contributed by atoms with Crippen LogP contribution < -0.4 is 5.32 Å². The van der Waals surface area contributed by atoms with E-state index in [0.717, 1.165) is 11.6 Å². The van der Waals surface area contributed by atoms with Crippen LogP contribution in [-0.4, -0.2) is 9.97 Å². The highest BCUT2D eigenvalue weighted by atomic mass is 32.1. The van der Waals surface area contributed by atoms with E-state index < -0.39 is 0 Å². The Bertz CT molecular complexity index is 439.